The lowest BCUT2D eigenvalue weighted by Crippen LogP contribution is -2.09. The summed E-state index contributed by atoms with van der Waals surface area (Å²) < 4.78 is 12.1. The van der Waals surface area contributed by atoms with Gasteiger partial charge in [-0.1, -0.05) is 25.7 Å². The maximum Gasteiger partial charge on any atom is 0.337 e. The maximum atomic E-state index is 11.8. The molecule has 0 saturated carbocycles. The number of rotatable bonds is 8. The second kappa shape index (κ2) is 8.45. The molecule has 128 valence electrons. The van der Waals surface area contributed by atoms with Gasteiger partial charge in [-0.05, 0) is 30.2 Å². The van der Waals surface area contributed by atoms with Crippen LogP contribution in [0.2, 0.25) is 0 Å². The molecule has 0 bridgehead atoms. The SMILES string of the molecule is C=C(/C=C\CC)Cc1nc2ccc(C(=O)OC)cc2n1CCOC. The van der Waals surface area contributed by atoms with E-state index in [1.165, 1.54) is 7.11 Å². The van der Waals surface area contributed by atoms with Gasteiger partial charge in [0.1, 0.15) is 5.82 Å². The van der Waals surface area contributed by atoms with Gasteiger partial charge in [0.15, 0.2) is 0 Å². The third-order valence-electron chi connectivity index (χ3n) is 3.74. The molecule has 0 saturated heterocycles. The van der Waals surface area contributed by atoms with E-state index in [1.54, 1.807) is 13.2 Å². The molecule has 5 heteroatoms. The van der Waals surface area contributed by atoms with Crippen LogP contribution in [-0.4, -0.2) is 36.3 Å². The van der Waals surface area contributed by atoms with Gasteiger partial charge in [0, 0.05) is 20.1 Å². The number of hydrogen-bond acceptors (Lipinski definition) is 4. The largest absolute Gasteiger partial charge is 0.465 e. The number of carbonyl (C=O) groups excluding carboxylic acids is 1. The van der Waals surface area contributed by atoms with Gasteiger partial charge in [-0.3, -0.25) is 0 Å². The van der Waals surface area contributed by atoms with E-state index in [2.05, 4.69) is 24.1 Å². The first-order valence-corrected chi connectivity index (χ1v) is 8.01. The predicted molar refractivity (Wildman–Crippen MR) is 95.2 cm³/mol. The lowest BCUT2D eigenvalue weighted by atomic mass is 10.2. The topological polar surface area (TPSA) is 53.3 Å². The van der Waals surface area contributed by atoms with Crippen LogP contribution in [0.3, 0.4) is 0 Å². The van der Waals surface area contributed by atoms with Crippen molar-refractivity contribution in [3.8, 4) is 0 Å². The third-order valence-corrected chi connectivity index (χ3v) is 3.74. The van der Waals surface area contributed by atoms with Gasteiger partial charge in [-0.2, -0.15) is 0 Å². The molecular weight excluding hydrogens is 304 g/mol. The monoisotopic (exact) mass is 328 g/mol. The summed E-state index contributed by atoms with van der Waals surface area (Å²) in [5.74, 6) is 0.558. The number of benzene rings is 1. The smallest absolute Gasteiger partial charge is 0.337 e. The summed E-state index contributed by atoms with van der Waals surface area (Å²) in [6.07, 6.45) is 5.74. The first kappa shape index (κ1) is 17.9. The second-order valence-electron chi connectivity index (χ2n) is 5.51. The average molecular weight is 328 g/mol. The van der Waals surface area contributed by atoms with Crippen LogP contribution in [0.15, 0.2) is 42.5 Å². The van der Waals surface area contributed by atoms with Crippen LogP contribution >= 0.6 is 0 Å². The van der Waals surface area contributed by atoms with Crippen molar-refractivity contribution in [3.05, 3.63) is 53.9 Å². The molecule has 0 aliphatic heterocycles. The fourth-order valence-electron chi connectivity index (χ4n) is 2.53. The molecule has 0 fully saturated rings. The van der Waals surface area contributed by atoms with Crippen molar-refractivity contribution in [3.63, 3.8) is 0 Å². The van der Waals surface area contributed by atoms with E-state index < -0.39 is 0 Å². The van der Waals surface area contributed by atoms with Crippen molar-refractivity contribution < 1.29 is 14.3 Å². The Morgan fingerprint density at radius 1 is 1.38 bits per heavy atom. The van der Waals surface area contributed by atoms with Crippen LogP contribution in [0.4, 0.5) is 0 Å². The Balaban J connectivity index is 2.43. The van der Waals surface area contributed by atoms with Gasteiger partial charge in [-0.15, -0.1) is 0 Å². The first-order chi connectivity index (χ1) is 11.6. The maximum absolute atomic E-state index is 11.8. The predicted octanol–water partition coefficient (Wildman–Crippen LogP) is 3.53. The molecule has 1 aromatic carbocycles. The number of allylic oxidation sites excluding steroid dienone is 3. The zero-order chi connectivity index (χ0) is 17.5. The molecule has 0 radical (unpaired) electrons. The highest BCUT2D eigenvalue weighted by Gasteiger charge is 2.14. The Bertz CT molecular complexity index is 759. The number of ether oxygens (including phenoxy) is 2. The van der Waals surface area contributed by atoms with Gasteiger partial charge < -0.3 is 14.0 Å². The molecule has 0 unspecified atom stereocenters. The van der Waals surface area contributed by atoms with Crippen LogP contribution in [0, 0.1) is 0 Å². The number of esters is 1. The van der Waals surface area contributed by atoms with Gasteiger partial charge in [0.2, 0.25) is 0 Å². The molecule has 0 aliphatic carbocycles. The Hall–Kier alpha value is -2.40. The number of nitrogens with zero attached hydrogens (tertiary/aromatic N) is 2. The highest BCUT2D eigenvalue weighted by molar-refractivity contribution is 5.93. The first-order valence-electron chi connectivity index (χ1n) is 8.01. The molecule has 0 atom stereocenters. The van der Waals surface area contributed by atoms with E-state index in [0.29, 0.717) is 25.1 Å². The summed E-state index contributed by atoms with van der Waals surface area (Å²) in [5, 5.41) is 0. The molecular formula is C19H24N2O3. The van der Waals surface area contributed by atoms with E-state index in [0.717, 1.165) is 28.9 Å². The Kier molecular flexibility index (Phi) is 6.32. The zero-order valence-electron chi connectivity index (χ0n) is 14.5. The molecule has 1 aromatic heterocycles. The summed E-state index contributed by atoms with van der Waals surface area (Å²) in [7, 11) is 3.05. The summed E-state index contributed by atoms with van der Waals surface area (Å²) in [4.78, 5) is 16.5. The normalized spacial score (nSPS) is 11.3. The lowest BCUT2D eigenvalue weighted by molar-refractivity contribution is 0.0601. The fourth-order valence-corrected chi connectivity index (χ4v) is 2.53. The minimum atomic E-state index is -0.353. The fraction of sp³-hybridized carbons (Fsp3) is 0.368. The quantitative estimate of drug-likeness (QED) is 0.549. The zero-order valence-corrected chi connectivity index (χ0v) is 14.5. The number of fused-ring (bicyclic) bond motifs is 1. The Morgan fingerprint density at radius 3 is 2.83 bits per heavy atom. The highest BCUT2D eigenvalue weighted by atomic mass is 16.5. The average Bonchev–Trinajstić information content (AvgIpc) is 2.93. The van der Waals surface area contributed by atoms with Crippen molar-refractivity contribution in [1.82, 2.24) is 9.55 Å². The number of methoxy groups -OCH3 is 2. The summed E-state index contributed by atoms with van der Waals surface area (Å²) in [6, 6.07) is 5.40. The number of carbonyl (C=O) groups is 1. The van der Waals surface area contributed by atoms with Crippen molar-refractivity contribution in [1.29, 1.82) is 0 Å². The summed E-state index contributed by atoms with van der Waals surface area (Å²) in [6.45, 7) is 7.41. The van der Waals surface area contributed by atoms with Gasteiger partial charge >= 0.3 is 5.97 Å². The highest BCUT2D eigenvalue weighted by Crippen LogP contribution is 2.21. The molecule has 2 aromatic rings. The number of imidazole rings is 1. The molecule has 0 N–H and O–H groups in total. The summed E-state index contributed by atoms with van der Waals surface area (Å²) >= 11 is 0. The number of aromatic nitrogens is 2. The lowest BCUT2D eigenvalue weighted by Gasteiger charge is -2.09. The minimum absolute atomic E-state index is 0.353. The second-order valence-corrected chi connectivity index (χ2v) is 5.51. The van der Waals surface area contributed by atoms with Crippen LogP contribution in [0.1, 0.15) is 29.5 Å². The standard InChI is InChI=1S/C19H24N2O3/c1-5-6-7-14(2)12-18-20-16-9-8-15(19(22)24-4)13-17(16)21(18)10-11-23-3/h6-9,13H,2,5,10-12H2,1,3-4H3/b7-6-. The summed E-state index contributed by atoms with van der Waals surface area (Å²) in [5.41, 5.74) is 3.26. The molecule has 5 nitrogen and oxygen atoms in total. The van der Waals surface area contributed by atoms with Crippen LogP contribution in [-0.2, 0) is 22.4 Å². The van der Waals surface area contributed by atoms with Crippen molar-refractivity contribution in [2.24, 2.45) is 0 Å². The van der Waals surface area contributed by atoms with E-state index in [9.17, 15) is 4.79 Å². The van der Waals surface area contributed by atoms with E-state index in [4.69, 9.17) is 14.5 Å². The van der Waals surface area contributed by atoms with Crippen molar-refractivity contribution in [2.45, 2.75) is 26.3 Å². The molecule has 2 rings (SSSR count). The van der Waals surface area contributed by atoms with Gasteiger partial charge in [0.05, 0.1) is 30.3 Å². The molecule has 0 spiro atoms. The molecule has 0 aliphatic rings. The molecule has 1 heterocycles. The van der Waals surface area contributed by atoms with Crippen LogP contribution in [0.25, 0.3) is 11.0 Å². The van der Waals surface area contributed by atoms with Crippen molar-refractivity contribution >= 4 is 17.0 Å². The molecule has 24 heavy (non-hydrogen) atoms. The third kappa shape index (κ3) is 4.11. The van der Waals surface area contributed by atoms with E-state index in [1.807, 2.05) is 18.2 Å². The van der Waals surface area contributed by atoms with Crippen LogP contribution in [0.5, 0.6) is 0 Å². The van der Waals surface area contributed by atoms with E-state index in [-0.39, 0.29) is 5.97 Å². The minimum Gasteiger partial charge on any atom is -0.465 e. The Labute approximate surface area is 142 Å². The molecule has 0 amide bonds. The van der Waals surface area contributed by atoms with Crippen molar-refractivity contribution in [2.75, 3.05) is 20.8 Å². The van der Waals surface area contributed by atoms with Crippen LogP contribution < -0.4 is 0 Å². The van der Waals surface area contributed by atoms with Gasteiger partial charge in [0.25, 0.3) is 0 Å². The number of hydrogen-bond donors (Lipinski definition) is 0. The van der Waals surface area contributed by atoms with E-state index >= 15 is 0 Å². The van der Waals surface area contributed by atoms with Gasteiger partial charge in [-0.25, -0.2) is 9.78 Å². The Morgan fingerprint density at radius 2 is 2.17 bits per heavy atom.